The summed E-state index contributed by atoms with van der Waals surface area (Å²) in [6, 6.07) is 7.55. The Hall–Kier alpha value is -1.09. The predicted octanol–water partition coefficient (Wildman–Crippen LogP) is 2.17. The van der Waals surface area contributed by atoms with Crippen molar-refractivity contribution in [1.29, 1.82) is 0 Å². The molecular weight excluding hydrogens is 218 g/mol. The molecule has 0 radical (unpaired) electrons. The fourth-order valence-corrected chi connectivity index (χ4v) is 1.07. The van der Waals surface area contributed by atoms with Crippen LogP contribution in [-0.4, -0.2) is 6.41 Å². The lowest BCUT2D eigenvalue weighted by Gasteiger charge is -2.02. The quantitative estimate of drug-likeness (QED) is 0.786. The topological polar surface area (TPSA) is 29.1 Å². The Morgan fingerprint density at radius 3 is 2.50 bits per heavy atom. The minimum Gasteiger partial charge on any atom is -0.329 e. The number of carbonyl (C=O) groups excluding carboxylic acids is 1. The van der Waals surface area contributed by atoms with Crippen LogP contribution in [0.25, 0.3) is 5.70 Å². The Bertz CT molecular complexity index is 292. The number of hydrogen-bond donors (Lipinski definition) is 1. The van der Waals surface area contributed by atoms with E-state index in [1.54, 1.807) is 0 Å². The third kappa shape index (κ3) is 2.20. The zero-order chi connectivity index (χ0) is 8.97. The van der Waals surface area contributed by atoms with Gasteiger partial charge < -0.3 is 5.32 Å². The molecule has 3 heteroatoms. The van der Waals surface area contributed by atoms with Crippen molar-refractivity contribution in [3.8, 4) is 0 Å². The zero-order valence-electron chi connectivity index (χ0n) is 6.38. The van der Waals surface area contributed by atoms with Gasteiger partial charge in [0.15, 0.2) is 0 Å². The average molecular weight is 226 g/mol. The first kappa shape index (κ1) is 9.00. The summed E-state index contributed by atoms with van der Waals surface area (Å²) < 4.78 is 1.00. The molecule has 0 heterocycles. The van der Waals surface area contributed by atoms with Crippen LogP contribution in [0.5, 0.6) is 0 Å². The van der Waals surface area contributed by atoms with E-state index in [4.69, 9.17) is 0 Å². The molecule has 0 bridgehead atoms. The lowest BCUT2D eigenvalue weighted by Crippen LogP contribution is -2.07. The normalized spacial score (nSPS) is 9.08. The van der Waals surface area contributed by atoms with Gasteiger partial charge in [-0.1, -0.05) is 34.6 Å². The molecule has 0 saturated carbocycles. The summed E-state index contributed by atoms with van der Waals surface area (Å²) >= 11 is 3.31. The molecule has 1 rings (SSSR count). The van der Waals surface area contributed by atoms with Gasteiger partial charge in [-0.2, -0.15) is 0 Å². The largest absolute Gasteiger partial charge is 0.329 e. The molecule has 12 heavy (non-hydrogen) atoms. The molecule has 0 aromatic heterocycles. The van der Waals surface area contributed by atoms with Crippen molar-refractivity contribution in [3.63, 3.8) is 0 Å². The highest BCUT2D eigenvalue weighted by Gasteiger charge is 1.95. The lowest BCUT2D eigenvalue weighted by molar-refractivity contribution is -0.108. The lowest BCUT2D eigenvalue weighted by atomic mass is 10.2. The van der Waals surface area contributed by atoms with Crippen LogP contribution in [0.3, 0.4) is 0 Å². The fourth-order valence-electron chi connectivity index (χ4n) is 0.806. The van der Waals surface area contributed by atoms with Gasteiger partial charge in [0, 0.05) is 10.2 Å². The molecule has 62 valence electrons. The van der Waals surface area contributed by atoms with E-state index in [2.05, 4.69) is 27.8 Å². The first-order chi connectivity index (χ1) is 5.74. The van der Waals surface area contributed by atoms with E-state index in [1.165, 1.54) is 0 Å². The molecule has 0 spiro atoms. The molecule has 0 unspecified atom stereocenters. The van der Waals surface area contributed by atoms with Crippen LogP contribution < -0.4 is 5.32 Å². The smallest absolute Gasteiger partial charge is 0.211 e. The average Bonchev–Trinajstić information content (AvgIpc) is 2.06. The van der Waals surface area contributed by atoms with Crippen LogP contribution in [0.2, 0.25) is 0 Å². The van der Waals surface area contributed by atoms with Crippen LogP contribution in [0, 0.1) is 0 Å². The molecule has 1 amide bonds. The van der Waals surface area contributed by atoms with Crippen LogP contribution in [0.1, 0.15) is 5.56 Å². The van der Waals surface area contributed by atoms with E-state index >= 15 is 0 Å². The number of rotatable bonds is 3. The standard InChI is InChI=1S/C9H8BrNO/c1-7(11-6-12)8-2-4-9(10)5-3-8/h2-6H,1H2,(H,11,12). The number of amides is 1. The molecular formula is C9H8BrNO. The molecule has 0 aliphatic carbocycles. The van der Waals surface area contributed by atoms with Gasteiger partial charge in [0.25, 0.3) is 0 Å². The van der Waals surface area contributed by atoms with E-state index in [0.717, 1.165) is 10.0 Å². The van der Waals surface area contributed by atoms with Crippen molar-refractivity contribution in [1.82, 2.24) is 5.32 Å². The molecule has 0 atom stereocenters. The second-order valence-electron chi connectivity index (χ2n) is 2.25. The van der Waals surface area contributed by atoms with Gasteiger partial charge in [-0.15, -0.1) is 0 Å². The second-order valence-corrected chi connectivity index (χ2v) is 3.16. The molecule has 1 aromatic rings. The third-order valence-electron chi connectivity index (χ3n) is 1.43. The summed E-state index contributed by atoms with van der Waals surface area (Å²) in [6.07, 6.45) is 0.615. The summed E-state index contributed by atoms with van der Waals surface area (Å²) in [4.78, 5) is 10.1. The Kier molecular flexibility index (Phi) is 3.05. The summed E-state index contributed by atoms with van der Waals surface area (Å²) in [6.45, 7) is 3.69. The van der Waals surface area contributed by atoms with Gasteiger partial charge in [-0.05, 0) is 17.7 Å². The van der Waals surface area contributed by atoms with Crippen LogP contribution in [0.15, 0.2) is 35.3 Å². The number of carbonyl (C=O) groups is 1. The SMILES string of the molecule is C=C(NC=O)c1ccc(Br)cc1. The van der Waals surface area contributed by atoms with E-state index in [9.17, 15) is 4.79 Å². The van der Waals surface area contributed by atoms with Gasteiger partial charge in [0.05, 0.1) is 0 Å². The predicted molar refractivity (Wildman–Crippen MR) is 52.4 cm³/mol. The highest BCUT2D eigenvalue weighted by Crippen LogP contribution is 2.14. The Morgan fingerprint density at radius 2 is 2.00 bits per heavy atom. The molecule has 0 saturated heterocycles. The van der Waals surface area contributed by atoms with Crippen molar-refractivity contribution in [2.24, 2.45) is 0 Å². The summed E-state index contributed by atoms with van der Waals surface area (Å²) in [5, 5.41) is 2.49. The van der Waals surface area contributed by atoms with Crippen LogP contribution >= 0.6 is 15.9 Å². The van der Waals surface area contributed by atoms with E-state index in [0.29, 0.717) is 12.1 Å². The van der Waals surface area contributed by atoms with E-state index in [1.807, 2.05) is 24.3 Å². The van der Waals surface area contributed by atoms with E-state index in [-0.39, 0.29) is 0 Å². The van der Waals surface area contributed by atoms with Crippen molar-refractivity contribution in [2.75, 3.05) is 0 Å². The molecule has 2 nitrogen and oxygen atoms in total. The van der Waals surface area contributed by atoms with Crippen molar-refractivity contribution < 1.29 is 4.79 Å². The molecule has 0 aliphatic rings. The van der Waals surface area contributed by atoms with Gasteiger partial charge in [-0.25, -0.2) is 0 Å². The van der Waals surface area contributed by atoms with Crippen molar-refractivity contribution >= 4 is 28.0 Å². The number of hydrogen-bond acceptors (Lipinski definition) is 1. The minimum absolute atomic E-state index is 0.609. The maximum Gasteiger partial charge on any atom is 0.211 e. The first-order valence-electron chi connectivity index (χ1n) is 3.39. The van der Waals surface area contributed by atoms with Crippen LogP contribution in [0.4, 0.5) is 0 Å². The Labute approximate surface area is 79.4 Å². The highest BCUT2D eigenvalue weighted by molar-refractivity contribution is 9.10. The Morgan fingerprint density at radius 1 is 1.42 bits per heavy atom. The van der Waals surface area contributed by atoms with Crippen molar-refractivity contribution in [3.05, 3.63) is 40.9 Å². The molecule has 1 N–H and O–H groups in total. The van der Waals surface area contributed by atoms with Gasteiger partial charge in [0.2, 0.25) is 6.41 Å². The molecule has 0 fully saturated rings. The zero-order valence-corrected chi connectivity index (χ0v) is 7.97. The van der Waals surface area contributed by atoms with Gasteiger partial charge in [-0.3, -0.25) is 4.79 Å². The second kappa shape index (κ2) is 4.07. The number of nitrogens with one attached hydrogen (secondary N) is 1. The summed E-state index contributed by atoms with van der Waals surface area (Å²) in [5.41, 5.74) is 1.52. The monoisotopic (exact) mass is 225 g/mol. The first-order valence-corrected chi connectivity index (χ1v) is 4.18. The Balaban J connectivity index is 2.82. The van der Waals surface area contributed by atoms with E-state index < -0.39 is 0 Å². The molecule has 0 aliphatic heterocycles. The van der Waals surface area contributed by atoms with Gasteiger partial charge >= 0.3 is 0 Å². The van der Waals surface area contributed by atoms with Crippen LogP contribution in [-0.2, 0) is 4.79 Å². The third-order valence-corrected chi connectivity index (χ3v) is 1.95. The summed E-state index contributed by atoms with van der Waals surface area (Å²) in [7, 11) is 0. The molecule has 1 aromatic carbocycles. The maximum absolute atomic E-state index is 10.1. The summed E-state index contributed by atoms with van der Waals surface area (Å²) in [5.74, 6) is 0. The maximum atomic E-state index is 10.1. The minimum atomic E-state index is 0.609. The fraction of sp³-hybridized carbons (Fsp3) is 0. The highest BCUT2D eigenvalue weighted by atomic mass is 79.9. The number of benzene rings is 1. The van der Waals surface area contributed by atoms with Crippen molar-refractivity contribution in [2.45, 2.75) is 0 Å². The van der Waals surface area contributed by atoms with Gasteiger partial charge in [0.1, 0.15) is 0 Å². The number of halogens is 1.